The number of H-pyrrole nitrogens is 2. The van der Waals surface area contributed by atoms with E-state index in [0.29, 0.717) is 11.3 Å². The van der Waals surface area contributed by atoms with Gasteiger partial charge in [-0.15, -0.1) is 0 Å². The summed E-state index contributed by atoms with van der Waals surface area (Å²) in [5.41, 5.74) is 3.06. The first-order chi connectivity index (χ1) is 9.22. The van der Waals surface area contributed by atoms with Gasteiger partial charge in [-0.2, -0.15) is 0 Å². The Labute approximate surface area is 116 Å². The molecule has 0 aliphatic carbocycles. The Balaban J connectivity index is 1.77. The molecule has 6 heteroatoms. The van der Waals surface area contributed by atoms with Crippen molar-refractivity contribution in [2.24, 2.45) is 0 Å². The quantitative estimate of drug-likeness (QED) is 0.805. The Morgan fingerprint density at radius 1 is 1.37 bits per heavy atom. The minimum absolute atomic E-state index is 0.0580. The number of aromatic nitrogens is 2. The van der Waals surface area contributed by atoms with E-state index >= 15 is 0 Å². The molecule has 3 rings (SSSR count). The average molecular weight is 279 g/mol. The molecule has 2 aliphatic heterocycles. The van der Waals surface area contributed by atoms with E-state index in [4.69, 9.17) is 17.0 Å². The zero-order chi connectivity index (χ0) is 13.2. The van der Waals surface area contributed by atoms with E-state index in [9.17, 15) is 4.79 Å². The number of aromatic amines is 2. The third kappa shape index (κ3) is 2.79. The maximum absolute atomic E-state index is 11.9. The van der Waals surface area contributed by atoms with Crippen LogP contribution in [0.3, 0.4) is 0 Å². The molecule has 0 unspecified atom stereocenters. The van der Waals surface area contributed by atoms with Gasteiger partial charge in [0.2, 0.25) is 0 Å². The van der Waals surface area contributed by atoms with Crippen molar-refractivity contribution in [3.8, 4) is 0 Å². The van der Waals surface area contributed by atoms with E-state index in [2.05, 4.69) is 14.9 Å². The van der Waals surface area contributed by atoms with Gasteiger partial charge in [-0.25, -0.2) is 0 Å². The minimum atomic E-state index is -0.0580. The van der Waals surface area contributed by atoms with Crippen LogP contribution in [0.25, 0.3) is 0 Å². The van der Waals surface area contributed by atoms with Gasteiger partial charge in [0.05, 0.1) is 18.4 Å². The van der Waals surface area contributed by atoms with Crippen LogP contribution >= 0.6 is 12.2 Å². The second-order valence-corrected chi connectivity index (χ2v) is 5.48. The molecule has 1 aromatic rings. The number of rotatable bonds is 2. The Hall–Kier alpha value is -1.40. The SMILES string of the molecule is O=c1[nH]c(=S)[nH]c2c1CN(CC1=COCCC1)CC2. The molecule has 0 aromatic carbocycles. The van der Waals surface area contributed by atoms with Crippen molar-refractivity contribution in [2.75, 3.05) is 19.7 Å². The Morgan fingerprint density at radius 2 is 2.26 bits per heavy atom. The maximum atomic E-state index is 11.9. The van der Waals surface area contributed by atoms with Crippen LogP contribution in [0, 0.1) is 4.77 Å². The molecule has 2 aliphatic rings. The number of nitrogens with zero attached hydrogens (tertiary/aromatic N) is 1. The first kappa shape index (κ1) is 12.6. The van der Waals surface area contributed by atoms with Crippen molar-refractivity contribution in [2.45, 2.75) is 25.8 Å². The minimum Gasteiger partial charge on any atom is -0.501 e. The van der Waals surface area contributed by atoms with Gasteiger partial charge >= 0.3 is 0 Å². The number of fused-ring (bicyclic) bond motifs is 1. The summed E-state index contributed by atoms with van der Waals surface area (Å²) in [6.45, 7) is 3.32. The van der Waals surface area contributed by atoms with Crippen LogP contribution in [0.4, 0.5) is 0 Å². The van der Waals surface area contributed by atoms with Crippen molar-refractivity contribution < 1.29 is 4.74 Å². The van der Waals surface area contributed by atoms with Crippen LogP contribution < -0.4 is 5.56 Å². The first-order valence-electron chi connectivity index (χ1n) is 6.58. The number of ether oxygens (including phenoxy) is 1. The molecule has 0 bridgehead atoms. The van der Waals surface area contributed by atoms with Gasteiger partial charge in [0.1, 0.15) is 0 Å². The van der Waals surface area contributed by atoms with Crippen LogP contribution in [0.15, 0.2) is 16.6 Å². The van der Waals surface area contributed by atoms with Crippen molar-refractivity contribution in [1.82, 2.24) is 14.9 Å². The highest BCUT2D eigenvalue weighted by Gasteiger charge is 2.20. The molecule has 19 heavy (non-hydrogen) atoms. The van der Waals surface area contributed by atoms with E-state index in [0.717, 1.165) is 50.2 Å². The summed E-state index contributed by atoms with van der Waals surface area (Å²) in [4.78, 5) is 19.9. The fourth-order valence-corrected chi connectivity index (χ4v) is 2.89. The zero-order valence-corrected chi connectivity index (χ0v) is 11.5. The predicted octanol–water partition coefficient (Wildman–Crippen LogP) is 1.48. The zero-order valence-electron chi connectivity index (χ0n) is 10.7. The van der Waals surface area contributed by atoms with Gasteiger partial charge in [-0.05, 0) is 30.6 Å². The van der Waals surface area contributed by atoms with Crippen LogP contribution in [-0.2, 0) is 17.7 Å². The van der Waals surface area contributed by atoms with E-state index < -0.39 is 0 Å². The molecule has 0 radical (unpaired) electrons. The third-order valence-corrected chi connectivity index (χ3v) is 3.83. The highest BCUT2D eigenvalue weighted by Crippen LogP contribution is 2.18. The summed E-state index contributed by atoms with van der Waals surface area (Å²) in [6, 6.07) is 0. The van der Waals surface area contributed by atoms with E-state index in [1.807, 2.05) is 6.26 Å². The van der Waals surface area contributed by atoms with Crippen LogP contribution in [-0.4, -0.2) is 34.6 Å². The summed E-state index contributed by atoms with van der Waals surface area (Å²) in [6.07, 6.45) is 4.90. The first-order valence-corrected chi connectivity index (χ1v) is 6.99. The monoisotopic (exact) mass is 279 g/mol. The lowest BCUT2D eigenvalue weighted by atomic mass is 10.0. The number of hydrogen-bond acceptors (Lipinski definition) is 4. The van der Waals surface area contributed by atoms with Crippen LogP contribution in [0.5, 0.6) is 0 Å². The van der Waals surface area contributed by atoms with Crippen molar-refractivity contribution in [3.05, 3.63) is 38.2 Å². The van der Waals surface area contributed by atoms with E-state index in [-0.39, 0.29) is 5.56 Å². The topological polar surface area (TPSA) is 61.1 Å². The molecule has 2 N–H and O–H groups in total. The second-order valence-electron chi connectivity index (χ2n) is 5.08. The molecule has 1 aromatic heterocycles. The Kier molecular flexibility index (Phi) is 3.52. The molecule has 102 valence electrons. The molecule has 0 saturated heterocycles. The van der Waals surface area contributed by atoms with Gasteiger partial charge in [0.15, 0.2) is 4.77 Å². The molecule has 0 fully saturated rings. The standard InChI is InChI=1S/C13H17N3O2S/c17-12-10-7-16(6-9-2-1-5-18-8-9)4-3-11(10)14-13(19)15-12/h8H,1-7H2,(H2,14,15,17,19). The highest BCUT2D eigenvalue weighted by molar-refractivity contribution is 7.71. The van der Waals surface area contributed by atoms with Crippen molar-refractivity contribution in [3.63, 3.8) is 0 Å². The highest BCUT2D eigenvalue weighted by atomic mass is 32.1. The Bertz CT molecular complexity index is 617. The molecule has 0 spiro atoms. The lowest BCUT2D eigenvalue weighted by Gasteiger charge is -2.29. The summed E-state index contributed by atoms with van der Waals surface area (Å²) in [5, 5.41) is 0. The molecule has 0 amide bonds. The molecule has 0 saturated carbocycles. The number of hydrogen-bond donors (Lipinski definition) is 2. The van der Waals surface area contributed by atoms with Crippen LogP contribution in [0.2, 0.25) is 0 Å². The molecule has 0 atom stereocenters. The predicted molar refractivity (Wildman–Crippen MR) is 74.5 cm³/mol. The maximum Gasteiger partial charge on any atom is 0.256 e. The summed E-state index contributed by atoms with van der Waals surface area (Å²) < 4.78 is 5.77. The molecule has 5 nitrogen and oxygen atoms in total. The normalized spacial score (nSPS) is 19.5. The third-order valence-electron chi connectivity index (χ3n) is 3.63. The average Bonchev–Trinajstić information content (AvgIpc) is 2.40. The Morgan fingerprint density at radius 3 is 3.05 bits per heavy atom. The van der Waals surface area contributed by atoms with E-state index in [1.165, 1.54) is 5.57 Å². The van der Waals surface area contributed by atoms with Crippen molar-refractivity contribution in [1.29, 1.82) is 0 Å². The lowest BCUT2D eigenvalue weighted by molar-refractivity contribution is 0.208. The summed E-state index contributed by atoms with van der Waals surface area (Å²) in [7, 11) is 0. The van der Waals surface area contributed by atoms with E-state index in [1.54, 1.807) is 0 Å². The second kappa shape index (κ2) is 5.30. The van der Waals surface area contributed by atoms with Gasteiger partial charge in [-0.3, -0.25) is 14.7 Å². The molecular weight excluding hydrogens is 262 g/mol. The fourth-order valence-electron chi connectivity index (χ4n) is 2.67. The molecular formula is C13H17N3O2S. The number of nitrogens with one attached hydrogen (secondary N) is 2. The van der Waals surface area contributed by atoms with Gasteiger partial charge in [0.25, 0.3) is 5.56 Å². The summed E-state index contributed by atoms with van der Waals surface area (Å²) in [5.74, 6) is 0. The summed E-state index contributed by atoms with van der Waals surface area (Å²) >= 11 is 4.99. The smallest absolute Gasteiger partial charge is 0.256 e. The van der Waals surface area contributed by atoms with Crippen LogP contribution in [0.1, 0.15) is 24.1 Å². The van der Waals surface area contributed by atoms with Gasteiger partial charge in [0, 0.05) is 31.7 Å². The van der Waals surface area contributed by atoms with Gasteiger partial charge in [-0.1, -0.05) is 0 Å². The van der Waals surface area contributed by atoms with Gasteiger partial charge < -0.3 is 9.72 Å². The fraction of sp³-hybridized carbons (Fsp3) is 0.538. The largest absolute Gasteiger partial charge is 0.501 e. The lowest BCUT2D eigenvalue weighted by Crippen LogP contribution is -2.37. The van der Waals surface area contributed by atoms with Crippen molar-refractivity contribution >= 4 is 12.2 Å². The molecule has 3 heterocycles.